The third kappa shape index (κ3) is 3.47. The molecule has 1 saturated heterocycles. The first-order valence-corrected chi connectivity index (χ1v) is 7.76. The number of para-hydroxylation sites is 2. The molecular weight excluding hydrogens is 278 g/mol. The maximum atomic E-state index is 6.18. The second-order valence-electron chi connectivity index (χ2n) is 5.27. The predicted molar refractivity (Wildman–Crippen MR) is 85.5 cm³/mol. The quantitative estimate of drug-likeness (QED) is 0.849. The van der Waals surface area contributed by atoms with E-state index in [1.165, 1.54) is 0 Å². The van der Waals surface area contributed by atoms with E-state index in [1.807, 2.05) is 31.2 Å². The highest BCUT2D eigenvalue weighted by Crippen LogP contribution is 2.29. The van der Waals surface area contributed by atoms with Crippen molar-refractivity contribution in [3.05, 3.63) is 42.9 Å². The van der Waals surface area contributed by atoms with Crippen LogP contribution < -0.4 is 14.4 Å². The molecule has 0 aliphatic carbocycles. The van der Waals surface area contributed by atoms with E-state index in [-0.39, 0.29) is 6.10 Å². The molecule has 1 aromatic heterocycles. The Hall–Kier alpha value is -2.30. The van der Waals surface area contributed by atoms with Gasteiger partial charge in [0.2, 0.25) is 0 Å². The Labute approximate surface area is 130 Å². The summed E-state index contributed by atoms with van der Waals surface area (Å²) in [5.74, 6) is 2.53. The highest BCUT2D eigenvalue weighted by molar-refractivity contribution is 5.40. The summed E-state index contributed by atoms with van der Waals surface area (Å²) in [6, 6.07) is 7.85. The van der Waals surface area contributed by atoms with Crippen molar-refractivity contribution in [2.24, 2.45) is 0 Å². The number of aromatic nitrogens is 2. The van der Waals surface area contributed by atoms with Crippen molar-refractivity contribution >= 4 is 5.82 Å². The normalized spacial score (nSPS) is 18.0. The van der Waals surface area contributed by atoms with Crippen molar-refractivity contribution in [1.29, 1.82) is 0 Å². The van der Waals surface area contributed by atoms with E-state index in [2.05, 4.69) is 14.9 Å². The number of ether oxygens (including phenoxy) is 2. The van der Waals surface area contributed by atoms with Gasteiger partial charge in [-0.15, -0.1) is 0 Å². The van der Waals surface area contributed by atoms with Gasteiger partial charge >= 0.3 is 0 Å². The van der Waals surface area contributed by atoms with Gasteiger partial charge in [-0.05, 0) is 31.9 Å². The van der Waals surface area contributed by atoms with Gasteiger partial charge in [0.15, 0.2) is 11.5 Å². The maximum Gasteiger partial charge on any atom is 0.161 e. The fourth-order valence-electron chi connectivity index (χ4n) is 2.70. The van der Waals surface area contributed by atoms with E-state index in [4.69, 9.17) is 9.47 Å². The van der Waals surface area contributed by atoms with Crippen LogP contribution >= 0.6 is 0 Å². The van der Waals surface area contributed by atoms with Crippen LogP contribution in [0.2, 0.25) is 0 Å². The minimum absolute atomic E-state index is 0.136. The lowest BCUT2D eigenvalue weighted by molar-refractivity contribution is 0.170. The Morgan fingerprint density at radius 1 is 1.23 bits per heavy atom. The molecule has 2 heterocycles. The van der Waals surface area contributed by atoms with Gasteiger partial charge in [-0.25, -0.2) is 4.98 Å². The number of piperidine rings is 1. The number of nitrogens with zero attached hydrogens (tertiary/aromatic N) is 3. The zero-order valence-electron chi connectivity index (χ0n) is 12.8. The summed E-state index contributed by atoms with van der Waals surface area (Å²) >= 11 is 0. The molecule has 22 heavy (non-hydrogen) atoms. The lowest BCUT2D eigenvalue weighted by Crippen LogP contribution is -2.41. The van der Waals surface area contributed by atoms with Crippen LogP contribution in [-0.2, 0) is 0 Å². The molecule has 1 aliphatic rings. The zero-order chi connectivity index (χ0) is 15.2. The molecule has 0 saturated carbocycles. The van der Waals surface area contributed by atoms with Crippen molar-refractivity contribution in [1.82, 2.24) is 9.97 Å². The molecule has 2 aromatic rings. The monoisotopic (exact) mass is 299 g/mol. The van der Waals surface area contributed by atoms with E-state index in [0.29, 0.717) is 6.61 Å². The number of anilines is 1. The SMILES string of the molecule is CCOc1ccccc1OC1CCCN(c2cnccn2)C1. The Morgan fingerprint density at radius 3 is 2.86 bits per heavy atom. The van der Waals surface area contributed by atoms with E-state index < -0.39 is 0 Å². The number of hydrogen-bond donors (Lipinski definition) is 0. The van der Waals surface area contributed by atoms with E-state index in [0.717, 1.165) is 43.2 Å². The van der Waals surface area contributed by atoms with Gasteiger partial charge in [0.1, 0.15) is 11.9 Å². The van der Waals surface area contributed by atoms with E-state index >= 15 is 0 Å². The molecule has 5 nitrogen and oxygen atoms in total. The topological polar surface area (TPSA) is 47.5 Å². The summed E-state index contributed by atoms with van der Waals surface area (Å²) < 4.78 is 11.8. The summed E-state index contributed by atoms with van der Waals surface area (Å²) in [6.07, 6.45) is 7.48. The molecule has 5 heteroatoms. The van der Waals surface area contributed by atoms with Crippen LogP contribution in [0.5, 0.6) is 11.5 Å². The van der Waals surface area contributed by atoms with Crippen molar-refractivity contribution in [2.45, 2.75) is 25.9 Å². The zero-order valence-corrected chi connectivity index (χ0v) is 12.8. The minimum atomic E-state index is 0.136. The smallest absolute Gasteiger partial charge is 0.161 e. The third-order valence-electron chi connectivity index (χ3n) is 3.69. The molecule has 116 valence electrons. The van der Waals surface area contributed by atoms with Crippen molar-refractivity contribution < 1.29 is 9.47 Å². The Morgan fingerprint density at radius 2 is 2.09 bits per heavy atom. The van der Waals surface area contributed by atoms with Crippen LogP contribution in [0.3, 0.4) is 0 Å². The molecule has 0 bridgehead atoms. The molecule has 1 aliphatic heterocycles. The first kappa shape index (κ1) is 14.6. The van der Waals surface area contributed by atoms with Gasteiger partial charge in [0.25, 0.3) is 0 Å². The largest absolute Gasteiger partial charge is 0.490 e. The van der Waals surface area contributed by atoms with Crippen LogP contribution in [0.4, 0.5) is 5.82 Å². The van der Waals surface area contributed by atoms with Gasteiger partial charge in [-0.2, -0.15) is 0 Å². The third-order valence-corrected chi connectivity index (χ3v) is 3.69. The van der Waals surface area contributed by atoms with Crippen molar-refractivity contribution in [2.75, 3.05) is 24.6 Å². The lowest BCUT2D eigenvalue weighted by atomic mass is 10.1. The number of rotatable bonds is 5. The summed E-state index contributed by atoms with van der Waals surface area (Å²) in [5.41, 5.74) is 0. The highest BCUT2D eigenvalue weighted by atomic mass is 16.5. The van der Waals surface area contributed by atoms with Gasteiger partial charge in [-0.3, -0.25) is 4.98 Å². The summed E-state index contributed by atoms with van der Waals surface area (Å²) in [4.78, 5) is 10.7. The fourth-order valence-corrected chi connectivity index (χ4v) is 2.70. The highest BCUT2D eigenvalue weighted by Gasteiger charge is 2.23. The number of benzene rings is 1. The van der Waals surface area contributed by atoms with Crippen LogP contribution in [-0.4, -0.2) is 35.8 Å². The minimum Gasteiger partial charge on any atom is -0.490 e. The van der Waals surface area contributed by atoms with Crippen molar-refractivity contribution in [3.63, 3.8) is 0 Å². The second kappa shape index (κ2) is 7.11. The van der Waals surface area contributed by atoms with Crippen molar-refractivity contribution in [3.8, 4) is 11.5 Å². The summed E-state index contributed by atoms with van der Waals surface area (Å²) in [7, 11) is 0. The first-order chi connectivity index (χ1) is 10.9. The Balaban J connectivity index is 1.68. The Kier molecular flexibility index (Phi) is 4.73. The molecule has 0 N–H and O–H groups in total. The molecule has 1 aromatic carbocycles. The van der Waals surface area contributed by atoms with Crippen LogP contribution in [0, 0.1) is 0 Å². The van der Waals surface area contributed by atoms with E-state index in [9.17, 15) is 0 Å². The molecule has 0 radical (unpaired) electrons. The molecule has 1 atom stereocenters. The summed E-state index contributed by atoms with van der Waals surface area (Å²) in [5, 5.41) is 0. The Bertz CT molecular complexity index is 591. The first-order valence-electron chi connectivity index (χ1n) is 7.76. The van der Waals surface area contributed by atoms with Gasteiger partial charge in [-0.1, -0.05) is 12.1 Å². The van der Waals surface area contributed by atoms with Crippen LogP contribution in [0.15, 0.2) is 42.9 Å². The molecule has 3 rings (SSSR count). The second-order valence-corrected chi connectivity index (χ2v) is 5.27. The number of hydrogen-bond acceptors (Lipinski definition) is 5. The van der Waals surface area contributed by atoms with Gasteiger partial charge in [0.05, 0.1) is 19.3 Å². The maximum absolute atomic E-state index is 6.18. The lowest BCUT2D eigenvalue weighted by Gasteiger charge is -2.33. The molecule has 0 amide bonds. The van der Waals surface area contributed by atoms with Gasteiger partial charge in [0, 0.05) is 18.9 Å². The molecule has 1 fully saturated rings. The molecule has 1 unspecified atom stereocenters. The summed E-state index contributed by atoms with van der Waals surface area (Å²) in [6.45, 7) is 4.43. The molecular formula is C17H21N3O2. The van der Waals surface area contributed by atoms with Gasteiger partial charge < -0.3 is 14.4 Å². The molecule has 0 spiro atoms. The van der Waals surface area contributed by atoms with Crippen LogP contribution in [0.25, 0.3) is 0 Å². The fraction of sp³-hybridized carbons (Fsp3) is 0.412. The van der Waals surface area contributed by atoms with Crippen LogP contribution in [0.1, 0.15) is 19.8 Å². The predicted octanol–water partition coefficient (Wildman–Crippen LogP) is 2.92. The average molecular weight is 299 g/mol. The average Bonchev–Trinajstić information content (AvgIpc) is 2.58. The van der Waals surface area contributed by atoms with E-state index in [1.54, 1.807) is 18.6 Å². The standard InChI is InChI=1S/C17H21N3O2/c1-2-21-15-7-3-4-8-16(15)22-14-6-5-11-20(13-14)17-12-18-9-10-19-17/h3-4,7-10,12,14H,2,5-6,11,13H2,1H3.